The summed E-state index contributed by atoms with van der Waals surface area (Å²) >= 11 is 3.42. The van der Waals surface area contributed by atoms with E-state index in [9.17, 15) is 5.26 Å². The summed E-state index contributed by atoms with van der Waals surface area (Å²) < 4.78 is 1.01. The first-order valence-corrected chi connectivity index (χ1v) is 7.06. The molecule has 3 nitrogen and oxygen atoms in total. The van der Waals surface area contributed by atoms with Gasteiger partial charge in [0.25, 0.3) is 0 Å². The Labute approximate surface area is 121 Å². The van der Waals surface area contributed by atoms with Gasteiger partial charge in [-0.25, -0.2) is 0 Å². The molecule has 1 fully saturated rings. The third-order valence-corrected chi connectivity index (χ3v) is 3.75. The first-order valence-electron chi connectivity index (χ1n) is 6.27. The smallest absolute Gasteiger partial charge is 0.0980 e. The van der Waals surface area contributed by atoms with Crippen LogP contribution in [0.3, 0.4) is 0 Å². The van der Waals surface area contributed by atoms with Crippen LogP contribution >= 0.6 is 15.9 Å². The SMILES string of the molecule is N#CC/C(C#N)=C(\c1ccc(Br)cc1)N1CCCC1. The zero-order valence-corrected chi connectivity index (χ0v) is 12.2. The van der Waals surface area contributed by atoms with E-state index in [-0.39, 0.29) is 6.42 Å². The molecule has 2 rings (SSSR count). The Bertz CT molecular complexity index is 555. The van der Waals surface area contributed by atoms with E-state index in [1.54, 1.807) is 0 Å². The van der Waals surface area contributed by atoms with Crippen LogP contribution in [0.2, 0.25) is 0 Å². The van der Waals surface area contributed by atoms with Gasteiger partial charge in [-0.2, -0.15) is 10.5 Å². The molecule has 0 amide bonds. The maximum Gasteiger partial charge on any atom is 0.0980 e. The zero-order valence-electron chi connectivity index (χ0n) is 10.6. The number of nitrogens with zero attached hydrogens (tertiary/aromatic N) is 3. The molecule has 0 aromatic heterocycles. The van der Waals surface area contributed by atoms with Gasteiger partial charge in [-0.1, -0.05) is 28.1 Å². The van der Waals surface area contributed by atoms with Crippen LogP contribution in [-0.4, -0.2) is 18.0 Å². The Kier molecular flexibility index (Phi) is 4.60. The van der Waals surface area contributed by atoms with E-state index in [1.807, 2.05) is 24.3 Å². The van der Waals surface area contributed by atoms with E-state index in [0.29, 0.717) is 5.57 Å². The van der Waals surface area contributed by atoms with Crippen LogP contribution in [0.25, 0.3) is 5.70 Å². The number of nitriles is 2. The predicted octanol–water partition coefficient (Wildman–Crippen LogP) is 3.69. The minimum atomic E-state index is 0.165. The molecule has 1 aliphatic rings. The summed E-state index contributed by atoms with van der Waals surface area (Å²) in [5, 5.41) is 18.2. The van der Waals surface area contributed by atoms with E-state index >= 15 is 0 Å². The number of halogens is 1. The van der Waals surface area contributed by atoms with Crippen molar-refractivity contribution < 1.29 is 0 Å². The summed E-state index contributed by atoms with van der Waals surface area (Å²) in [5.41, 5.74) is 2.50. The number of likely N-dealkylation sites (tertiary alicyclic amines) is 1. The molecular formula is C15H14BrN3. The fraction of sp³-hybridized carbons (Fsp3) is 0.333. The molecular weight excluding hydrogens is 302 g/mol. The summed E-state index contributed by atoms with van der Waals surface area (Å²) in [6.07, 6.45) is 2.45. The van der Waals surface area contributed by atoms with Crippen LogP contribution in [0.1, 0.15) is 24.8 Å². The average Bonchev–Trinajstić information content (AvgIpc) is 2.94. The van der Waals surface area contributed by atoms with Gasteiger partial charge < -0.3 is 4.90 Å². The van der Waals surface area contributed by atoms with Crippen molar-refractivity contribution in [3.8, 4) is 12.1 Å². The Morgan fingerprint density at radius 1 is 1.16 bits per heavy atom. The minimum absolute atomic E-state index is 0.165. The standard InChI is InChI=1S/C15H14BrN3/c16-14-5-3-12(4-6-14)15(13(11-18)7-8-17)19-9-1-2-10-19/h3-6H,1-2,7,9-10H2/b15-13-. The van der Waals surface area contributed by atoms with Crippen molar-refractivity contribution in [2.24, 2.45) is 0 Å². The Hall–Kier alpha value is -1.78. The monoisotopic (exact) mass is 315 g/mol. The highest BCUT2D eigenvalue weighted by Crippen LogP contribution is 2.29. The van der Waals surface area contributed by atoms with Crippen LogP contribution in [0, 0.1) is 22.7 Å². The lowest BCUT2D eigenvalue weighted by Crippen LogP contribution is -2.19. The van der Waals surface area contributed by atoms with E-state index in [1.165, 1.54) is 0 Å². The molecule has 1 heterocycles. The summed E-state index contributed by atoms with van der Waals surface area (Å²) in [7, 11) is 0. The quantitative estimate of drug-likeness (QED) is 0.799. The summed E-state index contributed by atoms with van der Waals surface area (Å²) in [6, 6.07) is 12.2. The van der Waals surface area contributed by atoms with E-state index in [4.69, 9.17) is 5.26 Å². The Balaban J connectivity index is 2.48. The minimum Gasteiger partial charge on any atom is -0.370 e. The van der Waals surface area contributed by atoms with Crippen LogP contribution < -0.4 is 0 Å². The molecule has 0 spiro atoms. The molecule has 1 aliphatic heterocycles. The normalized spacial score (nSPS) is 15.6. The number of allylic oxidation sites excluding steroid dienone is 1. The second-order valence-electron chi connectivity index (χ2n) is 4.47. The molecule has 0 aliphatic carbocycles. The number of hydrogen-bond donors (Lipinski definition) is 0. The van der Waals surface area contributed by atoms with Gasteiger partial charge in [0.05, 0.1) is 29.8 Å². The van der Waals surface area contributed by atoms with Gasteiger partial charge in [0.1, 0.15) is 0 Å². The first-order chi connectivity index (χ1) is 9.26. The summed E-state index contributed by atoms with van der Waals surface area (Å²) in [5.74, 6) is 0. The average molecular weight is 316 g/mol. The molecule has 0 radical (unpaired) electrons. The van der Waals surface area contributed by atoms with E-state index < -0.39 is 0 Å². The van der Waals surface area contributed by atoms with Gasteiger partial charge in [-0.05, 0) is 30.5 Å². The van der Waals surface area contributed by atoms with Crippen molar-refractivity contribution in [2.75, 3.05) is 13.1 Å². The summed E-state index contributed by atoms with van der Waals surface area (Å²) in [6.45, 7) is 1.92. The van der Waals surface area contributed by atoms with Crippen molar-refractivity contribution >= 4 is 21.6 Å². The number of rotatable bonds is 3. The summed E-state index contributed by atoms with van der Waals surface area (Å²) in [4.78, 5) is 2.22. The van der Waals surface area contributed by atoms with Crippen LogP contribution in [-0.2, 0) is 0 Å². The van der Waals surface area contributed by atoms with Gasteiger partial charge in [-0.3, -0.25) is 0 Å². The Morgan fingerprint density at radius 3 is 2.32 bits per heavy atom. The zero-order chi connectivity index (χ0) is 13.7. The van der Waals surface area contributed by atoms with Crippen molar-refractivity contribution in [1.29, 1.82) is 10.5 Å². The fourth-order valence-corrected chi connectivity index (χ4v) is 2.62. The molecule has 4 heteroatoms. The fourth-order valence-electron chi connectivity index (χ4n) is 2.35. The van der Waals surface area contributed by atoms with Crippen LogP contribution in [0.5, 0.6) is 0 Å². The second-order valence-corrected chi connectivity index (χ2v) is 5.39. The first kappa shape index (κ1) is 13.6. The number of hydrogen-bond acceptors (Lipinski definition) is 3. The Morgan fingerprint density at radius 2 is 1.79 bits per heavy atom. The van der Waals surface area contributed by atoms with Crippen LogP contribution in [0.4, 0.5) is 0 Å². The van der Waals surface area contributed by atoms with Crippen molar-refractivity contribution in [2.45, 2.75) is 19.3 Å². The topological polar surface area (TPSA) is 50.8 Å². The molecule has 0 bridgehead atoms. The molecule has 19 heavy (non-hydrogen) atoms. The molecule has 0 atom stereocenters. The van der Waals surface area contributed by atoms with E-state index in [0.717, 1.165) is 41.7 Å². The maximum atomic E-state index is 9.31. The molecule has 1 aromatic rings. The largest absolute Gasteiger partial charge is 0.370 e. The van der Waals surface area contributed by atoms with Gasteiger partial charge in [0.2, 0.25) is 0 Å². The van der Waals surface area contributed by atoms with Gasteiger partial charge in [-0.15, -0.1) is 0 Å². The predicted molar refractivity (Wildman–Crippen MR) is 77.7 cm³/mol. The van der Waals surface area contributed by atoms with Crippen molar-refractivity contribution in [3.63, 3.8) is 0 Å². The molecule has 96 valence electrons. The van der Waals surface area contributed by atoms with Gasteiger partial charge in [0, 0.05) is 17.6 Å². The van der Waals surface area contributed by atoms with Crippen molar-refractivity contribution in [3.05, 3.63) is 39.9 Å². The third-order valence-electron chi connectivity index (χ3n) is 3.22. The van der Waals surface area contributed by atoms with Gasteiger partial charge in [0.15, 0.2) is 0 Å². The maximum absolute atomic E-state index is 9.31. The second kappa shape index (κ2) is 6.41. The third kappa shape index (κ3) is 3.16. The lowest BCUT2D eigenvalue weighted by Gasteiger charge is -2.23. The molecule has 1 aromatic carbocycles. The molecule has 0 unspecified atom stereocenters. The highest BCUT2D eigenvalue weighted by Gasteiger charge is 2.20. The van der Waals surface area contributed by atoms with Crippen molar-refractivity contribution in [1.82, 2.24) is 4.90 Å². The highest BCUT2D eigenvalue weighted by atomic mass is 79.9. The molecule has 0 saturated carbocycles. The molecule has 1 saturated heterocycles. The molecule has 0 N–H and O–H groups in total. The lowest BCUT2D eigenvalue weighted by molar-refractivity contribution is 0.490. The van der Waals surface area contributed by atoms with Gasteiger partial charge >= 0.3 is 0 Å². The van der Waals surface area contributed by atoms with E-state index in [2.05, 4.69) is 33.0 Å². The highest BCUT2D eigenvalue weighted by molar-refractivity contribution is 9.10. The number of benzene rings is 1. The van der Waals surface area contributed by atoms with Crippen LogP contribution in [0.15, 0.2) is 34.3 Å². The lowest BCUT2D eigenvalue weighted by atomic mass is 10.0.